The minimum atomic E-state index is -0.00361. The number of rotatable bonds is 3. The highest BCUT2D eigenvalue weighted by molar-refractivity contribution is 5.85. The van der Waals surface area contributed by atoms with Gasteiger partial charge in [-0.05, 0) is 30.2 Å². The van der Waals surface area contributed by atoms with Crippen molar-refractivity contribution in [3.05, 3.63) is 90.2 Å². The molecule has 0 aliphatic heterocycles. The van der Waals surface area contributed by atoms with Crippen LogP contribution in [0.15, 0.2) is 77.7 Å². The van der Waals surface area contributed by atoms with Gasteiger partial charge in [-0.1, -0.05) is 42.5 Å². The Hall–Kier alpha value is -2.52. The molecule has 0 aliphatic rings. The Bertz CT molecular complexity index is 879. The fourth-order valence-electron chi connectivity index (χ4n) is 2.91. The first-order chi connectivity index (χ1) is 10.8. The number of nitrogens with zero attached hydrogens (tertiary/aromatic N) is 2. The summed E-state index contributed by atoms with van der Waals surface area (Å²) < 4.78 is 8.20. The van der Waals surface area contributed by atoms with Crippen LogP contribution in [-0.4, -0.2) is 9.55 Å². The van der Waals surface area contributed by atoms with Gasteiger partial charge in [-0.3, -0.25) is 0 Å². The summed E-state index contributed by atoms with van der Waals surface area (Å²) >= 11 is 0. The Morgan fingerprint density at radius 2 is 1.83 bits per heavy atom. The Morgan fingerprint density at radius 1 is 1.04 bits per heavy atom. The number of furan rings is 1. The number of fused-ring (bicyclic) bond motifs is 1. The van der Waals surface area contributed by atoms with E-state index in [0.717, 1.165) is 16.7 Å². The molecule has 3 nitrogen and oxygen atoms in total. The van der Waals surface area contributed by atoms with Gasteiger partial charge in [0.2, 0.25) is 0 Å². The number of hydrogen-bond donors (Lipinski definition) is 0. The van der Waals surface area contributed by atoms with E-state index in [1.165, 1.54) is 11.1 Å². The lowest BCUT2D eigenvalue weighted by atomic mass is 9.99. The summed E-state index contributed by atoms with van der Waals surface area (Å²) in [6.45, 7) is 2.13. The van der Waals surface area contributed by atoms with Gasteiger partial charge in [0.15, 0.2) is 0 Å². The van der Waals surface area contributed by atoms with Crippen LogP contribution in [0.25, 0.3) is 11.0 Å². The summed E-state index contributed by atoms with van der Waals surface area (Å²) in [5, 5.41) is 1.12. The molecule has 2 heterocycles. The molecule has 1 atom stereocenters. The molecular formula is C19H17ClN2O. The summed E-state index contributed by atoms with van der Waals surface area (Å²) in [6.07, 6.45) is 5.61. The normalized spacial score (nSPS) is 12.0. The van der Waals surface area contributed by atoms with E-state index >= 15 is 0 Å². The smallest absolute Gasteiger partial charge is 0.134 e. The molecule has 0 amide bonds. The molecule has 2 aromatic carbocycles. The van der Waals surface area contributed by atoms with Crippen molar-refractivity contribution in [3.8, 4) is 0 Å². The van der Waals surface area contributed by atoms with E-state index in [1.807, 2.05) is 30.7 Å². The fraction of sp³-hybridized carbons (Fsp3) is 0.105. The van der Waals surface area contributed by atoms with Crippen LogP contribution in [0, 0.1) is 6.92 Å². The fourth-order valence-corrected chi connectivity index (χ4v) is 2.91. The Balaban J connectivity index is 0.00000156. The molecule has 23 heavy (non-hydrogen) atoms. The topological polar surface area (TPSA) is 31.0 Å². The van der Waals surface area contributed by atoms with Gasteiger partial charge in [0, 0.05) is 17.8 Å². The van der Waals surface area contributed by atoms with Crippen molar-refractivity contribution in [1.29, 1.82) is 0 Å². The van der Waals surface area contributed by atoms with Crippen molar-refractivity contribution < 1.29 is 4.42 Å². The molecule has 116 valence electrons. The molecule has 1 unspecified atom stereocenters. The molecule has 0 aliphatic carbocycles. The Labute approximate surface area is 141 Å². The second kappa shape index (κ2) is 6.31. The first-order valence-corrected chi connectivity index (χ1v) is 7.34. The molecule has 0 bridgehead atoms. The van der Waals surface area contributed by atoms with Gasteiger partial charge in [0.1, 0.15) is 17.4 Å². The van der Waals surface area contributed by atoms with Crippen LogP contribution in [0.4, 0.5) is 0 Å². The van der Waals surface area contributed by atoms with Crippen molar-refractivity contribution in [3.63, 3.8) is 0 Å². The summed E-state index contributed by atoms with van der Waals surface area (Å²) in [5.74, 6) is 0.925. The van der Waals surface area contributed by atoms with Crippen LogP contribution >= 0.6 is 12.4 Å². The van der Waals surface area contributed by atoms with E-state index in [0.29, 0.717) is 0 Å². The van der Waals surface area contributed by atoms with Crippen molar-refractivity contribution in [2.24, 2.45) is 0 Å². The van der Waals surface area contributed by atoms with E-state index in [4.69, 9.17) is 4.42 Å². The predicted octanol–water partition coefficient (Wildman–Crippen LogP) is 5.00. The van der Waals surface area contributed by atoms with Gasteiger partial charge in [0.25, 0.3) is 0 Å². The molecule has 2 aromatic heterocycles. The highest BCUT2D eigenvalue weighted by Crippen LogP contribution is 2.32. The maximum atomic E-state index is 6.11. The molecule has 0 saturated heterocycles. The minimum Gasteiger partial charge on any atom is -0.458 e. The monoisotopic (exact) mass is 324 g/mol. The quantitative estimate of drug-likeness (QED) is 0.531. The number of aryl methyl sites for hydroxylation is 1. The zero-order chi connectivity index (χ0) is 14.9. The molecule has 4 aromatic rings. The highest BCUT2D eigenvalue weighted by atomic mass is 35.5. The number of aromatic nitrogens is 2. The molecule has 0 radical (unpaired) electrons. The van der Waals surface area contributed by atoms with Crippen molar-refractivity contribution in [1.82, 2.24) is 9.55 Å². The van der Waals surface area contributed by atoms with Gasteiger partial charge in [-0.2, -0.15) is 0 Å². The molecular weight excluding hydrogens is 308 g/mol. The predicted molar refractivity (Wildman–Crippen MR) is 94.1 cm³/mol. The lowest BCUT2D eigenvalue weighted by Crippen LogP contribution is -2.11. The third kappa shape index (κ3) is 2.76. The molecule has 4 rings (SSSR count). The van der Waals surface area contributed by atoms with E-state index in [2.05, 4.69) is 52.9 Å². The summed E-state index contributed by atoms with van der Waals surface area (Å²) in [4.78, 5) is 4.20. The third-order valence-electron chi connectivity index (χ3n) is 4.02. The average Bonchev–Trinajstić information content (AvgIpc) is 3.19. The molecule has 0 spiro atoms. The lowest BCUT2D eigenvalue weighted by Gasteiger charge is -2.18. The lowest BCUT2D eigenvalue weighted by molar-refractivity contribution is 0.486. The average molecular weight is 325 g/mol. The van der Waals surface area contributed by atoms with Crippen LogP contribution in [0.2, 0.25) is 0 Å². The van der Waals surface area contributed by atoms with Crippen molar-refractivity contribution in [2.45, 2.75) is 13.0 Å². The second-order valence-electron chi connectivity index (χ2n) is 5.46. The van der Waals surface area contributed by atoms with Crippen LogP contribution in [0.5, 0.6) is 0 Å². The van der Waals surface area contributed by atoms with Gasteiger partial charge in [-0.15, -0.1) is 12.4 Å². The Morgan fingerprint density at radius 3 is 2.57 bits per heavy atom. The number of benzene rings is 2. The van der Waals surface area contributed by atoms with Gasteiger partial charge < -0.3 is 8.98 Å². The van der Waals surface area contributed by atoms with Crippen molar-refractivity contribution in [2.75, 3.05) is 0 Å². The second-order valence-corrected chi connectivity index (χ2v) is 5.46. The minimum absolute atomic E-state index is 0. The zero-order valence-electron chi connectivity index (χ0n) is 12.7. The van der Waals surface area contributed by atoms with Crippen LogP contribution in [-0.2, 0) is 0 Å². The molecule has 0 fully saturated rings. The molecule has 0 saturated carbocycles. The molecule has 0 N–H and O–H groups in total. The first kappa shape index (κ1) is 15.4. The number of halogens is 1. The van der Waals surface area contributed by atoms with Crippen LogP contribution in [0.1, 0.15) is 22.9 Å². The number of hydrogen-bond acceptors (Lipinski definition) is 2. The summed E-state index contributed by atoms with van der Waals surface area (Å²) in [5.41, 5.74) is 3.37. The van der Waals surface area contributed by atoms with Crippen LogP contribution in [0.3, 0.4) is 0 Å². The van der Waals surface area contributed by atoms with Gasteiger partial charge in [0.05, 0.1) is 6.33 Å². The maximum Gasteiger partial charge on any atom is 0.134 e. The highest BCUT2D eigenvalue weighted by Gasteiger charge is 2.21. The maximum absolute atomic E-state index is 6.11. The molecule has 4 heteroatoms. The SMILES string of the molecule is Cc1ccccc1C(c1cc2ccccc2o1)n1ccnc1.Cl. The van der Waals surface area contributed by atoms with Crippen molar-refractivity contribution >= 4 is 23.4 Å². The van der Waals surface area contributed by atoms with Crippen LogP contribution < -0.4 is 0 Å². The summed E-state index contributed by atoms with van der Waals surface area (Å²) in [6, 6.07) is 18.6. The van der Waals surface area contributed by atoms with E-state index in [-0.39, 0.29) is 18.4 Å². The van der Waals surface area contributed by atoms with Gasteiger partial charge in [-0.25, -0.2) is 4.98 Å². The number of imidazole rings is 1. The van der Waals surface area contributed by atoms with Gasteiger partial charge >= 0.3 is 0 Å². The number of para-hydroxylation sites is 1. The standard InChI is InChI=1S/C19H16N2O.ClH/c1-14-6-2-4-8-16(14)19(21-11-10-20-13-21)18-12-15-7-3-5-9-17(15)22-18;/h2-13,19H,1H3;1H. The zero-order valence-corrected chi connectivity index (χ0v) is 13.5. The largest absolute Gasteiger partial charge is 0.458 e. The van der Waals surface area contributed by atoms with E-state index < -0.39 is 0 Å². The van der Waals surface area contributed by atoms with E-state index in [9.17, 15) is 0 Å². The Kier molecular flexibility index (Phi) is 4.22. The third-order valence-corrected chi connectivity index (χ3v) is 4.02. The van der Waals surface area contributed by atoms with E-state index in [1.54, 1.807) is 6.20 Å². The first-order valence-electron chi connectivity index (χ1n) is 7.34. The summed E-state index contributed by atoms with van der Waals surface area (Å²) in [7, 11) is 0.